The highest BCUT2D eigenvalue weighted by Crippen LogP contribution is 2.42. The van der Waals surface area contributed by atoms with E-state index in [0.29, 0.717) is 22.1 Å². The molecule has 1 aliphatic carbocycles. The van der Waals surface area contributed by atoms with Crippen LogP contribution in [0, 0.1) is 12.7 Å². The predicted molar refractivity (Wildman–Crippen MR) is 72.7 cm³/mol. The summed E-state index contributed by atoms with van der Waals surface area (Å²) in [6, 6.07) is 3.75. The molecule has 0 unspecified atom stereocenters. The second kappa shape index (κ2) is 4.42. The van der Waals surface area contributed by atoms with Crippen LogP contribution >= 0.6 is 11.3 Å². The molecule has 1 aromatic heterocycles. The first-order chi connectivity index (χ1) is 9.06. The van der Waals surface area contributed by atoms with Crippen molar-refractivity contribution in [3.05, 3.63) is 40.2 Å². The molecule has 0 spiro atoms. The van der Waals surface area contributed by atoms with Crippen molar-refractivity contribution in [3.63, 3.8) is 0 Å². The number of benzene rings is 1. The van der Waals surface area contributed by atoms with Crippen LogP contribution in [0.4, 0.5) is 4.39 Å². The fourth-order valence-electron chi connectivity index (χ4n) is 2.12. The van der Waals surface area contributed by atoms with Crippen molar-refractivity contribution in [2.45, 2.75) is 25.7 Å². The van der Waals surface area contributed by atoms with Crippen LogP contribution in [0.5, 0.6) is 0 Å². The van der Waals surface area contributed by atoms with Crippen molar-refractivity contribution in [3.8, 4) is 10.6 Å². The summed E-state index contributed by atoms with van der Waals surface area (Å²) in [5.41, 5.74) is 7.61. The van der Waals surface area contributed by atoms with Crippen LogP contribution in [0.2, 0.25) is 0 Å². The first kappa shape index (κ1) is 12.3. The van der Waals surface area contributed by atoms with Crippen molar-refractivity contribution >= 4 is 17.2 Å². The van der Waals surface area contributed by atoms with E-state index in [2.05, 4.69) is 4.98 Å². The highest BCUT2D eigenvalue weighted by Gasteiger charge is 2.26. The number of amides is 1. The smallest absolute Gasteiger partial charge is 0.268 e. The third kappa shape index (κ3) is 2.26. The van der Waals surface area contributed by atoms with E-state index in [-0.39, 0.29) is 11.5 Å². The number of hydrogen-bond acceptors (Lipinski definition) is 3. The number of hydrogen-bond donors (Lipinski definition) is 1. The molecule has 0 atom stereocenters. The number of nitrogens with two attached hydrogens (primary N) is 1. The Morgan fingerprint density at radius 3 is 2.79 bits per heavy atom. The quantitative estimate of drug-likeness (QED) is 0.935. The van der Waals surface area contributed by atoms with Gasteiger partial charge in [-0.15, -0.1) is 11.3 Å². The molecule has 2 aromatic rings. The summed E-state index contributed by atoms with van der Waals surface area (Å²) in [6.45, 7) is 1.76. The van der Waals surface area contributed by atoms with Crippen molar-refractivity contribution < 1.29 is 9.18 Å². The SMILES string of the molecule is Cc1cc(C2CC2)cc(-c2nc(C(N)=O)cs2)c1F. The first-order valence-electron chi connectivity index (χ1n) is 6.12. The van der Waals surface area contributed by atoms with E-state index in [0.717, 1.165) is 18.4 Å². The second-order valence-electron chi connectivity index (χ2n) is 4.88. The van der Waals surface area contributed by atoms with Crippen LogP contribution in [-0.2, 0) is 0 Å². The van der Waals surface area contributed by atoms with E-state index in [9.17, 15) is 9.18 Å². The van der Waals surface area contributed by atoms with Crippen LogP contribution < -0.4 is 5.73 Å². The first-order valence-corrected chi connectivity index (χ1v) is 7.00. The van der Waals surface area contributed by atoms with Gasteiger partial charge in [0.05, 0.1) is 0 Å². The van der Waals surface area contributed by atoms with Crippen LogP contribution in [0.15, 0.2) is 17.5 Å². The molecule has 1 fully saturated rings. The van der Waals surface area contributed by atoms with E-state index in [4.69, 9.17) is 5.73 Å². The Bertz CT molecular complexity index is 661. The molecular formula is C14H13FN2OS. The highest BCUT2D eigenvalue weighted by molar-refractivity contribution is 7.13. The minimum Gasteiger partial charge on any atom is -0.364 e. The normalized spacial score (nSPS) is 14.6. The zero-order valence-electron chi connectivity index (χ0n) is 10.4. The van der Waals surface area contributed by atoms with E-state index in [1.54, 1.807) is 12.3 Å². The zero-order valence-corrected chi connectivity index (χ0v) is 11.3. The average Bonchev–Trinajstić information content (AvgIpc) is 3.09. The molecule has 1 heterocycles. The summed E-state index contributed by atoms with van der Waals surface area (Å²) in [4.78, 5) is 15.2. The van der Waals surface area contributed by atoms with Crippen molar-refractivity contribution in [1.82, 2.24) is 4.98 Å². The Labute approximate surface area is 114 Å². The lowest BCUT2D eigenvalue weighted by molar-refractivity contribution is 0.0996. The number of aryl methyl sites for hydroxylation is 1. The van der Waals surface area contributed by atoms with E-state index >= 15 is 0 Å². The number of nitrogens with zero attached hydrogens (tertiary/aromatic N) is 1. The highest BCUT2D eigenvalue weighted by atomic mass is 32.1. The number of rotatable bonds is 3. The summed E-state index contributed by atoms with van der Waals surface area (Å²) in [5.74, 6) is -0.304. The fourth-order valence-corrected chi connectivity index (χ4v) is 2.93. The maximum Gasteiger partial charge on any atom is 0.268 e. The fraction of sp³-hybridized carbons (Fsp3) is 0.286. The number of carbonyl (C=O) groups is 1. The van der Waals surface area contributed by atoms with E-state index in [1.165, 1.54) is 11.3 Å². The maximum absolute atomic E-state index is 14.2. The molecule has 5 heteroatoms. The molecule has 1 saturated carbocycles. The third-order valence-electron chi connectivity index (χ3n) is 3.31. The lowest BCUT2D eigenvalue weighted by atomic mass is 10.0. The van der Waals surface area contributed by atoms with Crippen molar-refractivity contribution in [2.24, 2.45) is 5.73 Å². The summed E-state index contributed by atoms with van der Waals surface area (Å²) < 4.78 is 14.2. The number of carbonyl (C=O) groups excluding carboxylic acids is 1. The van der Waals surface area contributed by atoms with Crippen LogP contribution in [0.25, 0.3) is 10.6 Å². The average molecular weight is 276 g/mol. The Morgan fingerprint density at radius 1 is 1.47 bits per heavy atom. The molecule has 0 bridgehead atoms. The predicted octanol–water partition coefficient (Wildman–Crippen LogP) is 3.23. The summed E-state index contributed by atoms with van der Waals surface area (Å²) in [7, 11) is 0. The summed E-state index contributed by atoms with van der Waals surface area (Å²) in [5, 5.41) is 2.08. The van der Waals surface area contributed by atoms with Crippen molar-refractivity contribution in [1.29, 1.82) is 0 Å². The molecule has 19 heavy (non-hydrogen) atoms. The van der Waals surface area contributed by atoms with Gasteiger partial charge in [-0.2, -0.15) is 0 Å². The van der Waals surface area contributed by atoms with Gasteiger partial charge >= 0.3 is 0 Å². The molecule has 1 aliphatic rings. The topological polar surface area (TPSA) is 56.0 Å². The van der Waals surface area contributed by atoms with Crippen molar-refractivity contribution in [2.75, 3.05) is 0 Å². The van der Waals surface area contributed by atoms with Gasteiger partial charge in [0.15, 0.2) is 0 Å². The molecule has 1 aromatic carbocycles. The molecule has 3 rings (SSSR count). The van der Waals surface area contributed by atoms with Gasteiger partial charge in [0.1, 0.15) is 16.5 Å². The second-order valence-corrected chi connectivity index (χ2v) is 5.73. The van der Waals surface area contributed by atoms with Gasteiger partial charge < -0.3 is 5.73 Å². The molecule has 2 N–H and O–H groups in total. The molecule has 1 amide bonds. The lowest BCUT2D eigenvalue weighted by Crippen LogP contribution is -2.11. The Hall–Kier alpha value is -1.75. The lowest BCUT2D eigenvalue weighted by Gasteiger charge is -2.07. The largest absolute Gasteiger partial charge is 0.364 e. The van der Waals surface area contributed by atoms with Gasteiger partial charge in [0.2, 0.25) is 0 Å². The Kier molecular flexibility index (Phi) is 2.86. The molecule has 0 aliphatic heterocycles. The van der Waals surface area contributed by atoms with Gasteiger partial charge in [-0.1, -0.05) is 6.07 Å². The monoisotopic (exact) mass is 276 g/mol. The van der Waals surface area contributed by atoms with E-state index < -0.39 is 5.91 Å². The maximum atomic E-state index is 14.2. The zero-order chi connectivity index (χ0) is 13.6. The van der Waals surface area contributed by atoms with Gasteiger partial charge in [-0.05, 0) is 42.9 Å². The summed E-state index contributed by atoms with van der Waals surface area (Å²) >= 11 is 1.24. The van der Waals surface area contributed by atoms with E-state index in [1.807, 2.05) is 12.1 Å². The minimum atomic E-state index is -0.585. The molecular weight excluding hydrogens is 263 g/mol. The van der Waals surface area contributed by atoms with Gasteiger partial charge in [0, 0.05) is 10.9 Å². The molecule has 3 nitrogen and oxygen atoms in total. The van der Waals surface area contributed by atoms with Gasteiger partial charge in [-0.25, -0.2) is 9.37 Å². The number of halogens is 1. The Balaban J connectivity index is 2.09. The van der Waals surface area contributed by atoms with Crippen LogP contribution in [-0.4, -0.2) is 10.9 Å². The summed E-state index contributed by atoms with van der Waals surface area (Å²) in [6.07, 6.45) is 2.32. The standard InChI is InChI=1S/C14H13FN2OS/c1-7-4-9(8-2-3-8)5-10(12(7)15)14-17-11(6-19-14)13(16)18/h4-6,8H,2-3H2,1H3,(H2,16,18). The van der Waals surface area contributed by atoms with Crippen LogP contribution in [0.1, 0.15) is 40.4 Å². The number of primary amides is 1. The molecule has 0 radical (unpaired) electrons. The number of aromatic nitrogens is 1. The van der Waals surface area contributed by atoms with Crippen LogP contribution in [0.3, 0.4) is 0 Å². The van der Waals surface area contributed by atoms with Gasteiger partial charge in [0.25, 0.3) is 5.91 Å². The number of thiazole rings is 1. The van der Waals surface area contributed by atoms with Gasteiger partial charge in [-0.3, -0.25) is 4.79 Å². The Morgan fingerprint density at radius 2 is 2.21 bits per heavy atom. The third-order valence-corrected chi connectivity index (χ3v) is 4.19. The molecule has 0 saturated heterocycles. The minimum absolute atomic E-state index is 0.189. The molecule has 98 valence electrons.